The summed E-state index contributed by atoms with van der Waals surface area (Å²) in [5.74, 6) is 1.41. The van der Waals surface area contributed by atoms with Crippen molar-refractivity contribution in [1.82, 2.24) is 9.97 Å². The molecule has 0 radical (unpaired) electrons. The molecular formula is C21H22Cl2N4. The van der Waals surface area contributed by atoms with Crippen LogP contribution in [0.1, 0.15) is 37.7 Å². The van der Waals surface area contributed by atoms with Gasteiger partial charge in [-0.2, -0.15) is 4.98 Å². The first-order valence-electron chi connectivity index (χ1n) is 9.35. The molecule has 0 amide bonds. The quantitative estimate of drug-likeness (QED) is 0.509. The van der Waals surface area contributed by atoms with Crippen LogP contribution < -0.4 is 10.6 Å². The van der Waals surface area contributed by atoms with Gasteiger partial charge in [0.25, 0.3) is 0 Å². The highest BCUT2D eigenvalue weighted by Gasteiger charge is 2.16. The summed E-state index contributed by atoms with van der Waals surface area (Å²) < 4.78 is 0. The molecule has 2 aromatic carbocycles. The lowest BCUT2D eigenvalue weighted by atomic mass is 9.95. The summed E-state index contributed by atoms with van der Waals surface area (Å²) in [6.45, 7) is 2.09. The van der Waals surface area contributed by atoms with Crippen molar-refractivity contribution in [2.75, 3.05) is 10.6 Å². The van der Waals surface area contributed by atoms with Crippen LogP contribution in [0.4, 0.5) is 17.5 Å². The molecule has 0 atom stereocenters. The molecule has 0 aliphatic heterocycles. The smallest absolute Gasteiger partial charge is 0.229 e. The normalized spacial score (nSPS) is 15.1. The lowest BCUT2D eigenvalue weighted by molar-refractivity contribution is 0.462. The second kappa shape index (κ2) is 7.91. The van der Waals surface area contributed by atoms with Crippen LogP contribution in [-0.4, -0.2) is 16.0 Å². The molecule has 27 heavy (non-hydrogen) atoms. The van der Waals surface area contributed by atoms with E-state index >= 15 is 0 Å². The molecular weight excluding hydrogens is 379 g/mol. The minimum Gasteiger partial charge on any atom is -0.367 e. The lowest BCUT2D eigenvalue weighted by Gasteiger charge is -2.24. The van der Waals surface area contributed by atoms with E-state index in [9.17, 15) is 0 Å². The molecule has 140 valence electrons. The van der Waals surface area contributed by atoms with Crippen molar-refractivity contribution in [2.24, 2.45) is 0 Å². The van der Waals surface area contributed by atoms with Gasteiger partial charge in [-0.15, -0.1) is 0 Å². The molecule has 1 aromatic heterocycles. The molecule has 0 unspecified atom stereocenters. The number of rotatable bonds is 4. The van der Waals surface area contributed by atoms with E-state index in [0.717, 1.165) is 22.4 Å². The predicted octanol–water partition coefficient (Wildman–Crippen LogP) is 6.73. The van der Waals surface area contributed by atoms with Gasteiger partial charge in [-0.25, -0.2) is 4.98 Å². The molecule has 4 rings (SSSR count). The molecule has 6 heteroatoms. The molecule has 0 bridgehead atoms. The van der Waals surface area contributed by atoms with Crippen molar-refractivity contribution in [1.29, 1.82) is 0 Å². The number of hydrogen-bond donors (Lipinski definition) is 2. The van der Waals surface area contributed by atoms with Gasteiger partial charge in [-0.1, -0.05) is 54.1 Å². The SMILES string of the molecule is Cc1ccc2nc(Nc3cc(Cl)cc(Cl)c3)nc(NC3CCCCC3)c2c1. The molecule has 4 nitrogen and oxygen atoms in total. The average molecular weight is 401 g/mol. The number of halogens is 2. The zero-order valence-corrected chi connectivity index (χ0v) is 16.7. The van der Waals surface area contributed by atoms with Crippen LogP contribution in [0, 0.1) is 6.92 Å². The van der Waals surface area contributed by atoms with Crippen LogP contribution >= 0.6 is 23.2 Å². The molecule has 1 fully saturated rings. The third kappa shape index (κ3) is 4.45. The fourth-order valence-electron chi connectivity index (χ4n) is 3.60. The molecule has 1 aliphatic rings. The van der Waals surface area contributed by atoms with E-state index in [1.165, 1.54) is 37.7 Å². The van der Waals surface area contributed by atoms with Crippen molar-refractivity contribution >= 4 is 51.6 Å². The largest absolute Gasteiger partial charge is 0.367 e. The summed E-state index contributed by atoms with van der Waals surface area (Å²) in [7, 11) is 0. The zero-order valence-electron chi connectivity index (χ0n) is 15.2. The van der Waals surface area contributed by atoms with E-state index in [2.05, 4.69) is 34.7 Å². The maximum atomic E-state index is 6.11. The predicted molar refractivity (Wildman–Crippen MR) is 115 cm³/mol. The van der Waals surface area contributed by atoms with Crippen molar-refractivity contribution in [3.8, 4) is 0 Å². The number of fused-ring (bicyclic) bond motifs is 1. The highest BCUT2D eigenvalue weighted by atomic mass is 35.5. The van der Waals surface area contributed by atoms with Gasteiger partial charge in [0.05, 0.1) is 5.52 Å². The van der Waals surface area contributed by atoms with E-state index in [-0.39, 0.29) is 0 Å². The van der Waals surface area contributed by atoms with Crippen molar-refractivity contribution in [3.63, 3.8) is 0 Å². The maximum Gasteiger partial charge on any atom is 0.229 e. The van der Waals surface area contributed by atoms with Gasteiger partial charge >= 0.3 is 0 Å². The first-order chi connectivity index (χ1) is 13.1. The minimum absolute atomic E-state index is 0.464. The molecule has 0 spiro atoms. The summed E-state index contributed by atoms with van der Waals surface area (Å²) in [5, 5.41) is 9.09. The molecule has 1 aliphatic carbocycles. The third-order valence-corrected chi connectivity index (χ3v) is 5.35. The summed E-state index contributed by atoms with van der Waals surface area (Å²) >= 11 is 12.2. The van der Waals surface area contributed by atoms with Gasteiger partial charge in [-0.3, -0.25) is 0 Å². The van der Waals surface area contributed by atoms with E-state index < -0.39 is 0 Å². The summed E-state index contributed by atoms with van der Waals surface area (Å²) in [6, 6.07) is 12.0. The van der Waals surface area contributed by atoms with Gasteiger partial charge < -0.3 is 10.6 Å². The van der Waals surface area contributed by atoms with E-state index in [1.54, 1.807) is 6.07 Å². The first-order valence-corrected chi connectivity index (χ1v) is 10.1. The Kier molecular flexibility index (Phi) is 5.37. The first kappa shape index (κ1) is 18.3. The summed E-state index contributed by atoms with van der Waals surface area (Å²) in [4.78, 5) is 9.45. The Balaban J connectivity index is 1.71. The van der Waals surface area contributed by atoms with Gasteiger partial charge in [-0.05, 0) is 50.1 Å². The molecule has 0 saturated heterocycles. The minimum atomic E-state index is 0.464. The van der Waals surface area contributed by atoms with Crippen LogP contribution in [0.15, 0.2) is 36.4 Å². The van der Waals surface area contributed by atoms with Crippen LogP contribution in [0.3, 0.4) is 0 Å². The number of benzene rings is 2. The van der Waals surface area contributed by atoms with Crippen LogP contribution in [0.5, 0.6) is 0 Å². The second-order valence-electron chi connectivity index (χ2n) is 7.18. The Morgan fingerprint density at radius 1 is 0.926 bits per heavy atom. The molecule has 2 N–H and O–H groups in total. The Bertz CT molecular complexity index is 948. The monoisotopic (exact) mass is 400 g/mol. The molecule has 3 aromatic rings. The maximum absolute atomic E-state index is 6.11. The van der Waals surface area contributed by atoms with Crippen molar-refractivity contribution < 1.29 is 0 Å². The Morgan fingerprint density at radius 3 is 2.41 bits per heavy atom. The average Bonchev–Trinajstić information content (AvgIpc) is 2.62. The second-order valence-corrected chi connectivity index (χ2v) is 8.05. The fourth-order valence-corrected chi connectivity index (χ4v) is 4.13. The lowest BCUT2D eigenvalue weighted by Crippen LogP contribution is -2.23. The number of nitrogens with one attached hydrogen (secondary N) is 2. The van der Waals surface area contributed by atoms with Gasteiger partial charge in [0.15, 0.2) is 0 Å². The third-order valence-electron chi connectivity index (χ3n) is 4.92. The Morgan fingerprint density at radius 2 is 1.67 bits per heavy atom. The number of aryl methyl sites for hydroxylation is 1. The van der Waals surface area contributed by atoms with E-state index in [1.807, 2.05) is 18.2 Å². The Hall–Kier alpha value is -2.04. The van der Waals surface area contributed by atoms with Crippen molar-refractivity contribution in [2.45, 2.75) is 45.1 Å². The topological polar surface area (TPSA) is 49.8 Å². The van der Waals surface area contributed by atoms with Crippen LogP contribution in [-0.2, 0) is 0 Å². The molecule has 1 heterocycles. The fraction of sp³-hybridized carbons (Fsp3) is 0.333. The summed E-state index contributed by atoms with van der Waals surface area (Å²) in [5.41, 5.74) is 2.87. The number of anilines is 3. The van der Waals surface area contributed by atoms with E-state index in [0.29, 0.717) is 22.0 Å². The highest BCUT2D eigenvalue weighted by molar-refractivity contribution is 6.35. The van der Waals surface area contributed by atoms with E-state index in [4.69, 9.17) is 28.2 Å². The van der Waals surface area contributed by atoms with Crippen molar-refractivity contribution in [3.05, 3.63) is 52.0 Å². The standard InChI is InChI=1S/C21H22Cl2N4/c1-13-7-8-19-18(9-13)20(24-16-5-3-2-4-6-16)27-21(26-19)25-17-11-14(22)10-15(23)12-17/h7-12,16H,2-6H2,1H3,(H2,24,25,26,27). The highest BCUT2D eigenvalue weighted by Crippen LogP contribution is 2.29. The molecule has 1 saturated carbocycles. The number of nitrogens with zero attached hydrogens (tertiary/aromatic N) is 2. The summed E-state index contributed by atoms with van der Waals surface area (Å²) in [6.07, 6.45) is 6.23. The van der Waals surface area contributed by atoms with Crippen LogP contribution in [0.2, 0.25) is 10.0 Å². The number of aromatic nitrogens is 2. The number of hydrogen-bond acceptors (Lipinski definition) is 4. The van der Waals surface area contributed by atoms with Gasteiger partial charge in [0.2, 0.25) is 5.95 Å². The van der Waals surface area contributed by atoms with Gasteiger partial charge in [0, 0.05) is 27.2 Å². The zero-order chi connectivity index (χ0) is 18.8. The van der Waals surface area contributed by atoms with Gasteiger partial charge in [0.1, 0.15) is 5.82 Å². The van der Waals surface area contributed by atoms with Crippen LogP contribution in [0.25, 0.3) is 10.9 Å². The Labute approximate surface area is 169 Å².